The molecule has 1 aromatic heterocycles. The monoisotopic (exact) mass is 394 g/mol. The third kappa shape index (κ3) is 5.42. The van der Waals surface area contributed by atoms with Crippen LogP contribution in [0.4, 0.5) is 20.0 Å². The Hall–Kier alpha value is -2.16. The molecule has 0 spiro atoms. The molecular formula is C16H12ClFN4OS2. The zero-order valence-electron chi connectivity index (χ0n) is 12.7. The molecule has 128 valence electrons. The van der Waals surface area contributed by atoms with Gasteiger partial charge in [0.25, 0.3) is 0 Å². The van der Waals surface area contributed by atoms with Crippen molar-refractivity contribution in [1.29, 1.82) is 0 Å². The molecule has 0 saturated heterocycles. The molecule has 0 unspecified atom stereocenters. The highest BCUT2D eigenvalue weighted by Gasteiger charge is 2.09. The number of amides is 2. The highest BCUT2D eigenvalue weighted by Crippen LogP contribution is 2.26. The van der Waals surface area contributed by atoms with Crippen LogP contribution < -0.4 is 10.6 Å². The standard InChI is InChI=1S/C16H12ClFN4OS2/c17-10-1-7-13(8-2-10)24-9-14-21-22-16(25-14)20-15(23)19-12-5-3-11(18)4-6-12/h1-8H,9H2,(H2,19,20,22,23). The summed E-state index contributed by atoms with van der Waals surface area (Å²) in [5, 5.41) is 15.1. The topological polar surface area (TPSA) is 66.9 Å². The van der Waals surface area contributed by atoms with Crippen molar-refractivity contribution in [1.82, 2.24) is 10.2 Å². The lowest BCUT2D eigenvalue weighted by Gasteiger charge is -2.04. The highest BCUT2D eigenvalue weighted by molar-refractivity contribution is 7.98. The molecule has 1 heterocycles. The van der Waals surface area contributed by atoms with E-state index < -0.39 is 6.03 Å². The van der Waals surface area contributed by atoms with Gasteiger partial charge in [0, 0.05) is 15.6 Å². The van der Waals surface area contributed by atoms with E-state index in [0.29, 0.717) is 21.6 Å². The molecule has 9 heteroatoms. The quantitative estimate of drug-likeness (QED) is 0.579. The smallest absolute Gasteiger partial charge is 0.308 e. The molecule has 3 rings (SSSR count). The minimum absolute atomic E-state index is 0.363. The Labute approximate surface area is 156 Å². The fraction of sp³-hybridized carbons (Fsp3) is 0.0625. The molecule has 0 atom stereocenters. The fourth-order valence-corrected chi connectivity index (χ4v) is 3.58. The van der Waals surface area contributed by atoms with Crippen molar-refractivity contribution in [2.45, 2.75) is 10.6 Å². The van der Waals surface area contributed by atoms with Gasteiger partial charge in [-0.05, 0) is 48.5 Å². The third-order valence-corrected chi connectivity index (χ3v) is 5.26. The Balaban J connectivity index is 1.51. The van der Waals surface area contributed by atoms with Crippen molar-refractivity contribution in [2.24, 2.45) is 0 Å². The number of anilines is 2. The van der Waals surface area contributed by atoms with Gasteiger partial charge in [-0.1, -0.05) is 22.9 Å². The van der Waals surface area contributed by atoms with Crippen molar-refractivity contribution >= 4 is 51.5 Å². The van der Waals surface area contributed by atoms with Crippen LogP contribution in [0.3, 0.4) is 0 Å². The molecule has 25 heavy (non-hydrogen) atoms. The van der Waals surface area contributed by atoms with Crippen LogP contribution in [0.5, 0.6) is 0 Å². The number of halogens is 2. The summed E-state index contributed by atoms with van der Waals surface area (Å²) in [7, 11) is 0. The van der Waals surface area contributed by atoms with Gasteiger partial charge < -0.3 is 5.32 Å². The van der Waals surface area contributed by atoms with Gasteiger partial charge in [0.05, 0.1) is 5.75 Å². The molecular weight excluding hydrogens is 383 g/mol. The Morgan fingerprint density at radius 3 is 2.52 bits per heavy atom. The van der Waals surface area contributed by atoms with Crippen molar-refractivity contribution in [3.8, 4) is 0 Å². The molecule has 0 aliphatic rings. The number of urea groups is 1. The van der Waals surface area contributed by atoms with Crippen LogP contribution in [0.15, 0.2) is 53.4 Å². The third-order valence-electron chi connectivity index (χ3n) is 2.97. The summed E-state index contributed by atoms with van der Waals surface area (Å²) in [6.45, 7) is 0. The second-order valence-corrected chi connectivity index (χ2v) is 7.38. The summed E-state index contributed by atoms with van der Waals surface area (Å²) >= 11 is 8.75. The molecule has 2 amide bonds. The molecule has 5 nitrogen and oxygen atoms in total. The lowest BCUT2D eigenvalue weighted by atomic mass is 10.3. The second kappa shape index (κ2) is 8.28. The van der Waals surface area contributed by atoms with E-state index >= 15 is 0 Å². The molecule has 0 bridgehead atoms. The minimum atomic E-state index is -0.459. The van der Waals surface area contributed by atoms with Gasteiger partial charge >= 0.3 is 6.03 Å². The molecule has 2 aromatic carbocycles. The lowest BCUT2D eigenvalue weighted by Crippen LogP contribution is -2.19. The average molecular weight is 395 g/mol. The number of hydrogen-bond donors (Lipinski definition) is 2. The zero-order chi connectivity index (χ0) is 17.6. The van der Waals surface area contributed by atoms with Gasteiger partial charge in [-0.2, -0.15) is 0 Å². The molecule has 0 saturated carbocycles. The van der Waals surface area contributed by atoms with Crippen LogP contribution in [0, 0.1) is 5.82 Å². The van der Waals surface area contributed by atoms with Gasteiger partial charge in [0.2, 0.25) is 5.13 Å². The Bertz CT molecular complexity index is 855. The fourth-order valence-electron chi connectivity index (χ4n) is 1.83. The van der Waals surface area contributed by atoms with Crippen LogP contribution >= 0.6 is 34.7 Å². The van der Waals surface area contributed by atoms with Crippen molar-refractivity contribution in [2.75, 3.05) is 10.6 Å². The number of benzene rings is 2. The van der Waals surface area contributed by atoms with Gasteiger partial charge in [-0.15, -0.1) is 22.0 Å². The summed E-state index contributed by atoms with van der Waals surface area (Å²) < 4.78 is 12.8. The highest BCUT2D eigenvalue weighted by atomic mass is 35.5. The average Bonchev–Trinajstić information content (AvgIpc) is 3.04. The van der Waals surface area contributed by atoms with Crippen molar-refractivity contribution in [3.05, 3.63) is 64.4 Å². The van der Waals surface area contributed by atoms with E-state index in [2.05, 4.69) is 20.8 Å². The van der Waals surface area contributed by atoms with E-state index in [-0.39, 0.29) is 5.82 Å². The van der Waals surface area contributed by atoms with Gasteiger partial charge in [-0.3, -0.25) is 5.32 Å². The first-order chi connectivity index (χ1) is 12.1. The van der Waals surface area contributed by atoms with E-state index in [1.165, 1.54) is 35.6 Å². The predicted molar refractivity (Wildman–Crippen MR) is 100.0 cm³/mol. The van der Waals surface area contributed by atoms with Crippen LogP contribution in [0.2, 0.25) is 5.02 Å². The van der Waals surface area contributed by atoms with Crippen LogP contribution in [0.1, 0.15) is 5.01 Å². The first kappa shape index (κ1) is 17.7. The Morgan fingerprint density at radius 2 is 1.80 bits per heavy atom. The van der Waals surface area contributed by atoms with E-state index in [1.807, 2.05) is 24.3 Å². The van der Waals surface area contributed by atoms with Crippen LogP contribution in [-0.4, -0.2) is 16.2 Å². The molecule has 2 N–H and O–H groups in total. The van der Waals surface area contributed by atoms with Gasteiger partial charge in [0.15, 0.2) is 0 Å². The zero-order valence-corrected chi connectivity index (χ0v) is 15.1. The molecule has 0 radical (unpaired) electrons. The summed E-state index contributed by atoms with van der Waals surface area (Å²) in [6, 6.07) is 12.6. The number of thioether (sulfide) groups is 1. The number of carbonyl (C=O) groups excluding carboxylic acids is 1. The van der Waals surface area contributed by atoms with E-state index in [0.717, 1.165) is 9.90 Å². The van der Waals surface area contributed by atoms with Gasteiger partial charge in [0.1, 0.15) is 10.8 Å². The SMILES string of the molecule is O=C(Nc1ccc(F)cc1)Nc1nnc(CSc2ccc(Cl)cc2)s1. The maximum Gasteiger partial charge on any atom is 0.325 e. The number of nitrogens with one attached hydrogen (secondary N) is 2. The minimum Gasteiger partial charge on any atom is -0.308 e. The lowest BCUT2D eigenvalue weighted by molar-refractivity contribution is 0.262. The first-order valence-electron chi connectivity index (χ1n) is 7.13. The Morgan fingerprint density at radius 1 is 1.08 bits per heavy atom. The molecule has 3 aromatic rings. The molecule has 0 aliphatic carbocycles. The summed E-state index contributed by atoms with van der Waals surface area (Å²) in [6.07, 6.45) is 0. The Kier molecular flexibility index (Phi) is 5.85. The van der Waals surface area contributed by atoms with E-state index in [9.17, 15) is 9.18 Å². The summed E-state index contributed by atoms with van der Waals surface area (Å²) in [5.74, 6) is 0.276. The largest absolute Gasteiger partial charge is 0.325 e. The van der Waals surface area contributed by atoms with Crippen molar-refractivity contribution < 1.29 is 9.18 Å². The van der Waals surface area contributed by atoms with Crippen LogP contribution in [0.25, 0.3) is 0 Å². The van der Waals surface area contributed by atoms with Gasteiger partial charge in [-0.25, -0.2) is 9.18 Å². The van der Waals surface area contributed by atoms with E-state index in [4.69, 9.17) is 11.6 Å². The molecule has 0 aliphatic heterocycles. The van der Waals surface area contributed by atoms with Crippen molar-refractivity contribution in [3.63, 3.8) is 0 Å². The number of nitrogens with zero attached hydrogens (tertiary/aromatic N) is 2. The summed E-state index contributed by atoms with van der Waals surface area (Å²) in [4.78, 5) is 13.0. The normalized spacial score (nSPS) is 10.5. The number of hydrogen-bond acceptors (Lipinski definition) is 5. The molecule has 0 fully saturated rings. The number of carbonyl (C=O) groups is 1. The first-order valence-corrected chi connectivity index (χ1v) is 9.31. The number of rotatable bonds is 5. The van der Waals surface area contributed by atoms with E-state index in [1.54, 1.807) is 11.8 Å². The second-order valence-electron chi connectivity index (χ2n) is 4.83. The maximum absolute atomic E-state index is 12.8. The van der Waals surface area contributed by atoms with Crippen LogP contribution in [-0.2, 0) is 5.75 Å². The number of aromatic nitrogens is 2. The maximum atomic E-state index is 12.8. The summed E-state index contributed by atoms with van der Waals surface area (Å²) in [5.41, 5.74) is 0.488. The predicted octanol–water partition coefficient (Wildman–Crippen LogP) is 5.27.